The van der Waals surface area contributed by atoms with Crippen molar-refractivity contribution in [1.29, 1.82) is 0 Å². The average molecular weight is 491 g/mol. The first-order valence-electron chi connectivity index (χ1n) is 11.1. The Morgan fingerprint density at radius 2 is 1.80 bits per heavy atom. The molecule has 1 N–H and O–H groups in total. The van der Waals surface area contributed by atoms with Crippen LogP contribution >= 0.6 is 11.6 Å². The van der Waals surface area contributed by atoms with Crippen molar-refractivity contribution in [3.05, 3.63) is 88.1 Å². The second kappa shape index (κ2) is 9.35. The molecule has 0 spiro atoms. The molecule has 0 unspecified atom stereocenters. The molecule has 0 saturated heterocycles. The van der Waals surface area contributed by atoms with E-state index in [1.54, 1.807) is 43.5 Å². The minimum absolute atomic E-state index is 0.0445. The summed E-state index contributed by atoms with van der Waals surface area (Å²) in [5.41, 5.74) is 3.72. The number of ether oxygens (including phenoxy) is 3. The number of H-pyrrole nitrogens is 1. The summed E-state index contributed by atoms with van der Waals surface area (Å²) in [5.74, 6) is 1.20. The third-order valence-corrected chi connectivity index (χ3v) is 6.32. The van der Waals surface area contributed by atoms with Crippen molar-refractivity contribution >= 4 is 34.3 Å². The second-order valence-corrected chi connectivity index (χ2v) is 8.73. The van der Waals surface area contributed by atoms with Crippen LogP contribution in [0.1, 0.15) is 27.2 Å². The van der Waals surface area contributed by atoms with Gasteiger partial charge in [-0.2, -0.15) is 0 Å². The molecule has 8 heteroatoms. The highest BCUT2D eigenvalue weighted by Crippen LogP contribution is 2.33. The monoisotopic (exact) mass is 490 g/mol. The lowest BCUT2D eigenvalue weighted by Gasteiger charge is -2.22. The van der Waals surface area contributed by atoms with Crippen molar-refractivity contribution < 1.29 is 23.8 Å². The maximum atomic E-state index is 13.7. The first kappa shape index (κ1) is 22.8. The Balaban J connectivity index is 1.49. The maximum Gasteiger partial charge on any atom is 0.260 e. The molecule has 35 heavy (non-hydrogen) atoms. The third kappa shape index (κ3) is 4.55. The van der Waals surface area contributed by atoms with Crippen molar-refractivity contribution in [2.24, 2.45) is 0 Å². The molecular formula is C27H23ClN2O5. The average Bonchev–Trinajstić information content (AvgIpc) is 3.45. The fraction of sp³-hybridized carbons (Fsp3) is 0.185. The molecule has 1 aliphatic heterocycles. The van der Waals surface area contributed by atoms with E-state index < -0.39 is 5.91 Å². The Bertz CT molecular complexity index is 1430. The van der Waals surface area contributed by atoms with Gasteiger partial charge in [-0.25, -0.2) is 0 Å². The molecule has 7 nitrogen and oxygen atoms in total. The van der Waals surface area contributed by atoms with E-state index in [2.05, 4.69) is 4.98 Å². The number of nitrogens with zero attached hydrogens (tertiary/aromatic N) is 1. The van der Waals surface area contributed by atoms with Crippen LogP contribution in [0.3, 0.4) is 0 Å². The Morgan fingerprint density at radius 3 is 2.57 bits per heavy atom. The van der Waals surface area contributed by atoms with Crippen LogP contribution in [0.5, 0.6) is 17.2 Å². The number of aryl methyl sites for hydroxylation is 1. The molecule has 2 amide bonds. The summed E-state index contributed by atoms with van der Waals surface area (Å²) >= 11 is 6.00. The summed E-state index contributed by atoms with van der Waals surface area (Å²) in [5, 5.41) is 1.40. The van der Waals surface area contributed by atoms with Gasteiger partial charge in [-0.1, -0.05) is 17.7 Å². The van der Waals surface area contributed by atoms with Crippen molar-refractivity contribution in [2.45, 2.75) is 19.9 Å². The Hall–Kier alpha value is -3.97. The normalized spacial score (nSPS) is 12.1. The first-order valence-corrected chi connectivity index (χ1v) is 11.4. The SMILES string of the molecule is COc1ccc2[nH]c(C)c(CC(=O)N(Cc3ccc4c(c3)OCO4)C(=O)c3ccc(Cl)cc3)c2c1. The first-order chi connectivity index (χ1) is 16.9. The number of fused-ring (bicyclic) bond motifs is 2. The van der Waals surface area contributed by atoms with E-state index in [9.17, 15) is 9.59 Å². The zero-order valence-electron chi connectivity index (χ0n) is 19.3. The van der Waals surface area contributed by atoms with Gasteiger partial charge in [-0.05, 0) is 72.6 Å². The molecule has 0 aliphatic carbocycles. The second-order valence-electron chi connectivity index (χ2n) is 8.30. The van der Waals surface area contributed by atoms with E-state index in [0.717, 1.165) is 27.7 Å². The number of aromatic amines is 1. The van der Waals surface area contributed by atoms with Crippen molar-refractivity contribution in [2.75, 3.05) is 13.9 Å². The van der Waals surface area contributed by atoms with Gasteiger partial charge in [0.1, 0.15) is 5.75 Å². The number of nitrogens with one attached hydrogen (secondary N) is 1. The Labute approximate surface area is 207 Å². The summed E-state index contributed by atoms with van der Waals surface area (Å²) in [7, 11) is 1.60. The molecular weight excluding hydrogens is 468 g/mol. The zero-order valence-corrected chi connectivity index (χ0v) is 20.0. The number of rotatable bonds is 6. The van der Waals surface area contributed by atoms with E-state index in [4.69, 9.17) is 25.8 Å². The summed E-state index contributed by atoms with van der Waals surface area (Å²) in [4.78, 5) is 31.7. The highest BCUT2D eigenvalue weighted by molar-refractivity contribution is 6.30. The molecule has 178 valence electrons. The summed E-state index contributed by atoms with van der Waals surface area (Å²) in [6.45, 7) is 2.15. The lowest BCUT2D eigenvalue weighted by Crippen LogP contribution is -2.37. The maximum absolute atomic E-state index is 13.7. The van der Waals surface area contributed by atoms with Gasteiger partial charge >= 0.3 is 0 Å². The van der Waals surface area contributed by atoms with Gasteiger partial charge in [0.25, 0.3) is 5.91 Å². The number of methoxy groups -OCH3 is 1. The number of carbonyl (C=O) groups excluding carboxylic acids is 2. The lowest BCUT2D eigenvalue weighted by atomic mass is 10.1. The molecule has 1 aromatic heterocycles. The quantitative estimate of drug-likeness (QED) is 0.398. The number of imide groups is 1. The molecule has 5 rings (SSSR count). The predicted molar refractivity (Wildman–Crippen MR) is 132 cm³/mol. The smallest absolute Gasteiger partial charge is 0.260 e. The number of carbonyl (C=O) groups is 2. The van der Waals surface area contributed by atoms with Crippen LogP contribution in [0.2, 0.25) is 5.02 Å². The van der Waals surface area contributed by atoms with Crippen molar-refractivity contribution in [3.8, 4) is 17.2 Å². The lowest BCUT2D eigenvalue weighted by molar-refractivity contribution is -0.128. The van der Waals surface area contributed by atoms with Gasteiger partial charge in [0.15, 0.2) is 11.5 Å². The predicted octanol–water partition coefficient (Wildman–Crippen LogP) is 5.28. The van der Waals surface area contributed by atoms with E-state index in [0.29, 0.717) is 27.8 Å². The van der Waals surface area contributed by atoms with Crippen molar-refractivity contribution in [3.63, 3.8) is 0 Å². The molecule has 0 radical (unpaired) electrons. The summed E-state index contributed by atoms with van der Waals surface area (Å²) in [6, 6.07) is 17.6. The largest absolute Gasteiger partial charge is 0.497 e. The third-order valence-electron chi connectivity index (χ3n) is 6.07. The van der Waals surface area contributed by atoms with Gasteiger partial charge in [-0.15, -0.1) is 0 Å². The van der Waals surface area contributed by atoms with E-state index in [1.807, 2.05) is 31.2 Å². The van der Waals surface area contributed by atoms with Gasteiger partial charge in [0, 0.05) is 27.2 Å². The fourth-order valence-electron chi connectivity index (χ4n) is 4.21. The number of hydrogen-bond donors (Lipinski definition) is 1. The summed E-state index contributed by atoms with van der Waals surface area (Å²) in [6.07, 6.45) is 0.0445. The van der Waals surface area contributed by atoms with Gasteiger partial charge in [0.05, 0.1) is 20.1 Å². The number of hydrogen-bond acceptors (Lipinski definition) is 5. The van der Waals surface area contributed by atoms with Gasteiger partial charge in [-0.3, -0.25) is 14.5 Å². The van der Waals surface area contributed by atoms with Gasteiger partial charge < -0.3 is 19.2 Å². The minimum atomic E-state index is -0.403. The highest BCUT2D eigenvalue weighted by atomic mass is 35.5. The molecule has 0 bridgehead atoms. The van der Waals surface area contributed by atoms with Crippen LogP contribution in [0.25, 0.3) is 10.9 Å². The van der Waals surface area contributed by atoms with Gasteiger partial charge in [0.2, 0.25) is 12.7 Å². The minimum Gasteiger partial charge on any atom is -0.497 e. The molecule has 0 saturated carbocycles. The number of halogens is 1. The fourth-order valence-corrected chi connectivity index (χ4v) is 4.33. The molecule has 3 aromatic carbocycles. The molecule has 4 aromatic rings. The van der Waals surface area contributed by atoms with E-state index in [-0.39, 0.29) is 25.7 Å². The Morgan fingerprint density at radius 1 is 1.03 bits per heavy atom. The van der Waals surface area contributed by atoms with Crippen LogP contribution in [-0.4, -0.2) is 35.6 Å². The number of aromatic nitrogens is 1. The summed E-state index contributed by atoms with van der Waals surface area (Å²) < 4.78 is 16.2. The van der Waals surface area contributed by atoms with Crippen LogP contribution < -0.4 is 14.2 Å². The molecule has 2 heterocycles. The van der Waals surface area contributed by atoms with E-state index >= 15 is 0 Å². The molecule has 0 fully saturated rings. The molecule has 0 atom stereocenters. The van der Waals surface area contributed by atoms with Crippen LogP contribution in [0.15, 0.2) is 60.7 Å². The number of benzene rings is 3. The zero-order chi connectivity index (χ0) is 24.5. The topological polar surface area (TPSA) is 80.9 Å². The van der Waals surface area contributed by atoms with Crippen LogP contribution in [0.4, 0.5) is 0 Å². The van der Waals surface area contributed by atoms with Crippen LogP contribution in [-0.2, 0) is 17.8 Å². The standard InChI is InChI=1S/C27H23ClN2O5/c1-16-21(22-12-20(33-2)8-9-23(22)29-16)13-26(31)30(27(32)18-4-6-19(28)7-5-18)14-17-3-10-24-25(11-17)35-15-34-24/h3-12,29H,13-15H2,1-2H3. The van der Waals surface area contributed by atoms with Crippen molar-refractivity contribution in [1.82, 2.24) is 9.88 Å². The van der Waals surface area contributed by atoms with Crippen LogP contribution in [0, 0.1) is 6.92 Å². The number of amides is 2. The van der Waals surface area contributed by atoms with E-state index in [1.165, 1.54) is 4.90 Å². The highest BCUT2D eigenvalue weighted by Gasteiger charge is 2.26. The molecule has 1 aliphatic rings. The Kier molecular flexibility index (Phi) is 6.09.